The Hall–Kier alpha value is -1.58. The van der Waals surface area contributed by atoms with Crippen molar-refractivity contribution >= 4 is 11.6 Å². The Morgan fingerprint density at radius 1 is 1.24 bits per heavy atom. The number of para-hydroxylation sites is 1. The Kier molecular flexibility index (Phi) is 5.59. The molecule has 0 aliphatic heterocycles. The van der Waals surface area contributed by atoms with Crippen molar-refractivity contribution in [2.24, 2.45) is 0 Å². The van der Waals surface area contributed by atoms with E-state index in [1.807, 2.05) is 31.2 Å². The molecule has 0 bridgehead atoms. The fourth-order valence-corrected chi connectivity index (χ4v) is 2.59. The molecule has 4 heteroatoms. The quantitative estimate of drug-likeness (QED) is 0.855. The Morgan fingerprint density at radius 2 is 2.00 bits per heavy atom. The van der Waals surface area contributed by atoms with E-state index in [0.29, 0.717) is 17.0 Å². The summed E-state index contributed by atoms with van der Waals surface area (Å²) in [5.74, 6) is 0.558. The fourth-order valence-electron chi connectivity index (χ4n) is 2.41. The smallest absolute Gasteiger partial charge is 0.128 e. The SMILES string of the molecule is CCNC(Cc1ccccc1OC)c1cc(Cl)ccc1F. The van der Waals surface area contributed by atoms with Crippen molar-refractivity contribution in [1.29, 1.82) is 0 Å². The second kappa shape index (κ2) is 7.43. The van der Waals surface area contributed by atoms with Gasteiger partial charge in [0.15, 0.2) is 0 Å². The second-order valence-corrected chi connectivity index (χ2v) is 5.23. The maximum Gasteiger partial charge on any atom is 0.128 e. The van der Waals surface area contributed by atoms with Crippen LogP contribution < -0.4 is 10.1 Å². The summed E-state index contributed by atoms with van der Waals surface area (Å²) in [4.78, 5) is 0. The van der Waals surface area contributed by atoms with Crippen molar-refractivity contribution in [2.75, 3.05) is 13.7 Å². The molecular formula is C17H19ClFNO. The first-order valence-corrected chi connectivity index (χ1v) is 7.33. The summed E-state index contributed by atoms with van der Waals surface area (Å²) in [5.41, 5.74) is 1.61. The zero-order valence-electron chi connectivity index (χ0n) is 12.2. The summed E-state index contributed by atoms with van der Waals surface area (Å²) in [6.45, 7) is 2.74. The minimum absolute atomic E-state index is 0.148. The summed E-state index contributed by atoms with van der Waals surface area (Å²) < 4.78 is 19.5. The summed E-state index contributed by atoms with van der Waals surface area (Å²) in [7, 11) is 1.64. The van der Waals surface area contributed by atoms with E-state index in [2.05, 4.69) is 5.32 Å². The molecule has 0 spiro atoms. The average Bonchev–Trinajstić information content (AvgIpc) is 2.50. The molecule has 0 aliphatic rings. The molecule has 0 aliphatic carbocycles. The third-order valence-corrected chi connectivity index (χ3v) is 3.64. The molecular weight excluding hydrogens is 289 g/mol. The standard InChI is InChI=1S/C17H19ClFNO/c1-3-20-16(14-11-13(18)8-9-15(14)19)10-12-6-4-5-7-17(12)21-2/h4-9,11,16,20H,3,10H2,1-2H3. The van der Waals surface area contributed by atoms with Gasteiger partial charge in [0.2, 0.25) is 0 Å². The van der Waals surface area contributed by atoms with E-state index < -0.39 is 0 Å². The Bertz CT molecular complexity index is 603. The van der Waals surface area contributed by atoms with Gasteiger partial charge in [-0.25, -0.2) is 4.39 Å². The lowest BCUT2D eigenvalue weighted by Gasteiger charge is -2.20. The molecule has 0 aromatic heterocycles. The first-order valence-electron chi connectivity index (χ1n) is 6.96. The topological polar surface area (TPSA) is 21.3 Å². The highest BCUT2D eigenvalue weighted by molar-refractivity contribution is 6.30. The van der Waals surface area contributed by atoms with E-state index in [-0.39, 0.29) is 11.9 Å². The minimum atomic E-state index is -0.250. The van der Waals surface area contributed by atoms with Gasteiger partial charge in [-0.15, -0.1) is 0 Å². The van der Waals surface area contributed by atoms with Crippen molar-refractivity contribution in [3.8, 4) is 5.75 Å². The van der Waals surface area contributed by atoms with E-state index in [4.69, 9.17) is 16.3 Å². The number of methoxy groups -OCH3 is 1. The molecule has 0 saturated carbocycles. The van der Waals surface area contributed by atoms with Crippen molar-refractivity contribution in [2.45, 2.75) is 19.4 Å². The van der Waals surface area contributed by atoms with Gasteiger partial charge >= 0.3 is 0 Å². The van der Waals surface area contributed by atoms with E-state index in [1.54, 1.807) is 19.2 Å². The minimum Gasteiger partial charge on any atom is -0.496 e. The van der Waals surface area contributed by atoms with Crippen LogP contribution in [0.25, 0.3) is 0 Å². The van der Waals surface area contributed by atoms with Crippen molar-refractivity contribution in [3.63, 3.8) is 0 Å². The molecule has 0 saturated heterocycles. The van der Waals surface area contributed by atoms with Crippen LogP contribution in [0.15, 0.2) is 42.5 Å². The average molecular weight is 308 g/mol. The zero-order valence-corrected chi connectivity index (χ0v) is 13.0. The molecule has 0 heterocycles. The predicted molar refractivity (Wildman–Crippen MR) is 84.5 cm³/mol. The third kappa shape index (κ3) is 3.96. The van der Waals surface area contributed by atoms with Gasteiger partial charge in [-0.05, 0) is 42.8 Å². The van der Waals surface area contributed by atoms with Gasteiger partial charge in [-0.1, -0.05) is 36.7 Å². The van der Waals surface area contributed by atoms with Crippen LogP contribution in [0, 0.1) is 5.82 Å². The molecule has 1 unspecified atom stereocenters. The van der Waals surface area contributed by atoms with Crippen LogP contribution in [-0.2, 0) is 6.42 Å². The van der Waals surface area contributed by atoms with Crippen LogP contribution in [0.2, 0.25) is 5.02 Å². The van der Waals surface area contributed by atoms with Gasteiger partial charge in [0.05, 0.1) is 7.11 Å². The number of halogens is 2. The summed E-state index contributed by atoms with van der Waals surface area (Å²) in [6.07, 6.45) is 0.634. The highest BCUT2D eigenvalue weighted by Crippen LogP contribution is 2.28. The molecule has 0 radical (unpaired) electrons. The van der Waals surface area contributed by atoms with Crippen LogP contribution in [0.1, 0.15) is 24.1 Å². The van der Waals surface area contributed by atoms with Crippen molar-refractivity contribution in [3.05, 3.63) is 64.4 Å². The fraction of sp³-hybridized carbons (Fsp3) is 0.294. The van der Waals surface area contributed by atoms with Gasteiger partial charge in [0, 0.05) is 16.6 Å². The lowest BCUT2D eigenvalue weighted by atomic mass is 9.97. The molecule has 112 valence electrons. The molecule has 21 heavy (non-hydrogen) atoms. The maximum absolute atomic E-state index is 14.1. The first-order chi connectivity index (χ1) is 10.2. The molecule has 2 aromatic carbocycles. The number of nitrogens with one attached hydrogen (secondary N) is 1. The molecule has 1 N–H and O–H groups in total. The summed E-state index contributed by atoms with van der Waals surface area (Å²) >= 11 is 6.00. The number of rotatable bonds is 6. The number of hydrogen-bond donors (Lipinski definition) is 1. The summed E-state index contributed by atoms with van der Waals surface area (Å²) in [6, 6.07) is 12.3. The van der Waals surface area contributed by atoms with E-state index >= 15 is 0 Å². The van der Waals surface area contributed by atoms with Crippen LogP contribution in [-0.4, -0.2) is 13.7 Å². The van der Waals surface area contributed by atoms with E-state index in [1.165, 1.54) is 6.07 Å². The monoisotopic (exact) mass is 307 g/mol. The van der Waals surface area contributed by atoms with Gasteiger partial charge < -0.3 is 10.1 Å². The van der Waals surface area contributed by atoms with Crippen molar-refractivity contribution < 1.29 is 9.13 Å². The lowest BCUT2D eigenvalue weighted by Crippen LogP contribution is -2.24. The molecule has 2 nitrogen and oxygen atoms in total. The Morgan fingerprint density at radius 3 is 2.71 bits per heavy atom. The number of ether oxygens (including phenoxy) is 1. The highest BCUT2D eigenvalue weighted by Gasteiger charge is 2.17. The number of hydrogen-bond acceptors (Lipinski definition) is 2. The van der Waals surface area contributed by atoms with Crippen LogP contribution in [0.4, 0.5) is 4.39 Å². The highest BCUT2D eigenvalue weighted by atomic mass is 35.5. The first kappa shape index (κ1) is 15.8. The maximum atomic E-state index is 14.1. The second-order valence-electron chi connectivity index (χ2n) is 4.79. The van der Waals surface area contributed by atoms with E-state index in [0.717, 1.165) is 17.9 Å². The van der Waals surface area contributed by atoms with Gasteiger partial charge in [-0.2, -0.15) is 0 Å². The van der Waals surface area contributed by atoms with Crippen LogP contribution in [0.3, 0.4) is 0 Å². The predicted octanol–water partition coefficient (Wildman–Crippen LogP) is 4.38. The number of likely N-dealkylation sites (N-methyl/N-ethyl adjacent to an activating group) is 1. The molecule has 0 amide bonds. The van der Waals surface area contributed by atoms with E-state index in [9.17, 15) is 4.39 Å². The zero-order chi connectivity index (χ0) is 15.2. The lowest BCUT2D eigenvalue weighted by molar-refractivity contribution is 0.405. The number of benzene rings is 2. The Labute approximate surface area is 129 Å². The molecule has 2 rings (SSSR count). The molecule has 0 fully saturated rings. The van der Waals surface area contributed by atoms with Crippen LogP contribution >= 0.6 is 11.6 Å². The summed E-state index contributed by atoms with van der Waals surface area (Å²) in [5, 5.41) is 3.85. The van der Waals surface area contributed by atoms with Gasteiger partial charge in [-0.3, -0.25) is 0 Å². The molecule has 1 atom stereocenters. The normalized spacial score (nSPS) is 12.2. The van der Waals surface area contributed by atoms with Crippen molar-refractivity contribution in [1.82, 2.24) is 5.32 Å². The molecule has 2 aromatic rings. The largest absolute Gasteiger partial charge is 0.496 e. The van der Waals surface area contributed by atoms with Gasteiger partial charge in [0.25, 0.3) is 0 Å². The third-order valence-electron chi connectivity index (χ3n) is 3.40. The Balaban J connectivity index is 2.33. The van der Waals surface area contributed by atoms with Crippen LogP contribution in [0.5, 0.6) is 5.75 Å². The van der Waals surface area contributed by atoms with Gasteiger partial charge in [0.1, 0.15) is 11.6 Å².